The van der Waals surface area contributed by atoms with E-state index >= 15 is 0 Å². The number of thiazole rings is 1. The summed E-state index contributed by atoms with van der Waals surface area (Å²) in [5, 5.41) is 7.06. The maximum absolute atomic E-state index is 12.3. The molecule has 0 aliphatic carbocycles. The van der Waals surface area contributed by atoms with Gasteiger partial charge in [0.1, 0.15) is 10.8 Å². The number of hydrogen-bond acceptors (Lipinski definition) is 5. The van der Waals surface area contributed by atoms with Crippen molar-refractivity contribution in [3.63, 3.8) is 0 Å². The van der Waals surface area contributed by atoms with Crippen LogP contribution in [0.1, 0.15) is 46.6 Å². The largest absolute Gasteiger partial charge is 0.370 e. The highest BCUT2D eigenvalue weighted by Gasteiger charge is 2.14. The number of amides is 1. The summed E-state index contributed by atoms with van der Waals surface area (Å²) in [6.07, 6.45) is 4.48. The van der Waals surface area contributed by atoms with Crippen LogP contribution in [0.3, 0.4) is 0 Å². The quantitative estimate of drug-likeness (QED) is 0.860. The second kappa shape index (κ2) is 7.17. The summed E-state index contributed by atoms with van der Waals surface area (Å²) >= 11 is 1.60. The van der Waals surface area contributed by atoms with Crippen LogP contribution in [0.4, 0.5) is 5.82 Å². The second-order valence-corrected chi connectivity index (χ2v) is 6.13. The number of aromatic nitrogens is 2. The van der Waals surface area contributed by atoms with Crippen molar-refractivity contribution in [3.05, 3.63) is 40.0 Å². The standard InChI is InChI=1S/C15H20N4OS/c1-4-6-16-13-8-12(5-7-17-13)14(20)19-11(3)15-18-9-10(2)21-15/h5,7-9,11H,4,6H2,1-3H3,(H,16,17)(H,19,20). The van der Waals surface area contributed by atoms with E-state index < -0.39 is 0 Å². The molecular weight excluding hydrogens is 284 g/mol. The molecule has 0 bridgehead atoms. The molecule has 0 saturated carbocycles. The smallest absolute Gasteiger partial charge is 0.252 e. The van der Waals surface area contributed by atoms with Gasteiger partial charge in [0.25, 0.3) is 5.91 Å². The molecule has 2 heterocycles. The average molecular weight is 304 g/mol. The van der Waals surface area contributed by atoms with Crippen LogP contribution < -0.4 is 10.6 Å². The average Bonchev–Trinajstić information content (AvgIpc) is 2.92. The summed E-state index contributed by atoms with van der Waals surface area (Å²) in [6.45, 7) is 6.87. The molecule has 0 saturated heterocycles. The maximum Gasteiger partial charge on any atom is 0.252 e. The number of nitrogens with one attached hydrogen (secondary N) is 2. The van der Waals surface area contributed by atoms with E-state index in [1.54, 1.807) is 29.7 Å². The van der Waals surface area contributed by atoms with Crippen LogP contribution in [-0.4, -0.2) is 22.4 Å². The zero-order chi connectivity index (χ0) is 15.2. The lowest BCUT2D eigenvalue weighted by Crippen LogP contribution is -2.26. The van der Waals surface area contributed by atoms with Crippen LogP contribution in [0.15, 0.2) is 24.5 Å². The molecule has 2 rings (SSSR count). The molecule has 1 unspecified atom stereocenters. The molecule has 112 valence electrons. The Balaban J connectivity index is 2.02. The second-order valence-electron chi connectivity index (χ2n) is 4.86. The number of carbonyl (C=O) groups is 1. The Labute approximate surface area is 128 Å². The Morgan fingerprint density at radius 3 is 2.90 bits per heavy atom. The monoisotopic (exact) mass is 304 g/mol. The molecule has 0 fully saturated rings. The van der Waals surface area contributed by atoms with Crippen LogP contribution in [0, 0.1) is 6.92 Å². The van der Waals surface area contributed by atoms with Crippen molar-refractivity contribution in [3.8, 4) is 0 Å². The maximum atomic E-state index is 12.3. The van der Waals surface area contributed by atoms with E-state index in [9.17, 15) is 4.79 Å². The summed E-state index contributed by atoms with van der Waals surface area (Å²) in [7, 11) is 0. The number of pyridine rings is 1. The Morgan fingerprint density at radius 2 is 2.24 bits per heavy atom. The molecule has 6 heteroatoms. The lowest BCUT2D eigenvalue weighted by atomic mass is 10.2. The van der Waals surface area contributed by atoms with Crippen molar-refractivity contribution in [2.75, 3.05) is 11.9 Å². The van der Waals surface area contributed by atoms with Gasteiger partial charge in [0.05, 0.1) is 6.04 Å². The fraction of sp³-hybridized carbons (Fsp3) is 0.400. The molecule has 0 aliphatic heterocycles. The predicted octanol–water partition coefficient (Wildman–Crippen LogP) is 3.16. The number of hydrogen-bond donors (Lipinski definition) is 2. The summed E-state index contributed by atoms with van der Waals surface area (Å²) in [5.41, 5.74) is 0.601. The normalized spacial score (nSPS) is 12.0. The van der Waals surface area contributed by atoms with E-state index in [2.05, 4.69) is 27.5 Å². The van der Waals surface area contributed by atoms with Gasteiger partial charge in [-0.25, -0.2) is 9.97 Å². The molecule has 1 atom stereocenters. The minimum atomic E-state index is -0.114. The van der Waals surface area contributed by atoms with Crippen LogP contribution in [0.2, 0.25) is 0 Å². The minimum absolute atomic E-state index is 0.101. The van der Waals surface area contributed by atoms with Gasteiger partial charge in [-0.1, -0.05) is 6.92 Å². The van der Waals surface area contributed by atoms with Crippen molar-refractivity contribution in [2.45, 2.75) is 33.2 Å². The number of anilines is 1. The molecule has 0 aliphatic rings. The number of aryl methyl sites for hydroxylation is 1. The predicted molar refractivity (Wildman–Crippen MR) is 85.7 cm³/mol. The van der Waals surface area contributed by atoms with E-state index in [4.69, 9.17) is 0 Å². The van der Waals surface area contributed by atoms with Crippen molar-refractivity contribution in [1.82, 2.24) is 15.3 Å². The Kier molecular flexibility index (Phi) is 5.27. The highest BCUT2D eigenvalue weighted by atomic mass is 32.1. The van der Waals surface area contributed by atoms with E-state index in [0.29, 0.717) is 5.56 Å². The number of carbonyl (C=O) groups excluding carboxylic acids is 1. The molecular formula is C15H20N4OS. The van der Waals surface area contributed by atoms with E-state index in [1.807, 2.05) is 20.0 Å². The van der Waals surface area contributed by atoms with Gasteiger partial charge in [0, 0.05) is 29.4 Å². The first-order chi connectivity index (χ1) is 10.1. The molecule has 2 N–H and O–H groups in total. The van der Waals surface area contributed by atoms with E-state index in [0.717, 1.165) is 28.7 Å². The van der Waals surface area contributed by atoms with Crippen molar-refractivity contribution >= 4 is 23.1 Å². The zero-order valence-corrected chi connectivity index (χ0v) is 13.3. The van der Waals surface area contributed by atoms with Gasteiger partial charge in [0.2, 0.25) is 0 Å². The van der Waals surface area contributed by atoms with Gasteiger partial charge in [-0.2, -0.15) is 0 Å². The van der Waals surface area contributed by atoms with Gasteiger partial charge in [-0.3, -0.25) is 4.79 Å². The van der Waals surface area contributed by atoms with E-state index in [1.165, 1.54) is 0 Å². The summed E-state index contributed by atoms with van der Waals surface area (Å²) in [4.78, 5) is 21.9. The Hall–Kier alpha value is -1.95. The van der Waals surface area contributed by atoms with Gasteiger partial charge in [-0.05, 0) is 32.4 Å². The van der Waals surface area contributed by atoms with Crippen molar-refractivity contribution < 1.29 is 4.79 Å². The van der Waals surface area contributed by atoms with Crippen LogP contribution in [0.25, 0.3) is 0 Å². The lowest BCUT2D eigenvalue weighted by Gasteiger charge is -2.12. The minimum Gasteiger partial charge on any atom is -0.370 e. The summed E-state index contributed by atoms with van der Waals surface area (Å²) in [5.74, 6) is 0.611. The van der Waals surface area contributed by atoms with E-state index in [-0.39, 0.29) is 11.9 Å². The van der Waals surface area contributed by atoms with Gasteiger partial charge >= 0.3 is 0 Å². The number of nitrogens with zero attached hydrogens (tertiary/aromatic N) is 2. The first-order valence-electron chi connectivity index (χ1n) is 7.03. The first kappa shape index (κ1) is 15.4. The van der Waals surface area contributed by atoms with Gasteiger partial charge < -0.3 is 10.6 Å². The molecule has 5 nitrogen and oxygen atoms in total. The topological polar surface area (TPSA) is 66.9 Å². The highest BCUT2D eigenvalue weighted by molar-refractivity contribution is 7.11. The fourth-order valence-corrected chi connectivity index (χ4v) is 2.61. The zero-order valence-electron chi connectivity index (χ0n) is 12.5. The molecule has 2 aromatic rings. The molecule has 21 heavy (non-hydrogen) atoms. The van der Waals surface area contributed by atoms with Crippen LogP contribution in [0.5, 0.6) is 0 Å². The van der Waals surface area contributed by atoms with Crippen LogP contribution >= 0.6 is 11.3 Å². The summed E-state index contributed by atoms with van der Waals surface area (Å²) in [6, 6.07) is 3.38. The van der Waals surface area contributed by atoms with Crippen molar-refractivity contribution in [2.24, 2.45) is 0 Å². The first-order valence-corrected chi connectivity index (χ1v) is 7.85. The highest BCUT2D eigenvalue weighted by Crippen LogP contribution is 2.19. The lowest BCUT2D eigenvalue weighted by molar-refractivity contribution is 0.0940. The molecule has 0 radical (unpaired) electrons. The molecule has 0 aromatic carbocycles. The van der Waals surface area contributed by atoms with Crippen molar-refractivity contribution in [1.29, 1.82) is 0 Å². The third-order valence-corrected chi connectivity index (χ3v) is 4.03. The van der Waals surface area contributed by atoms with Crippen LogP contribution in [-0.2, 0) is 0 Å². The SMILES string of the molecule is CCCNc1cc(C(=O)NC(C)c2ncc(C)s2)ccn1. The van der Waals surface area contributed by atoms with Gasteiger partial charge in [0.15, 0.2) is 0 Å². The third-order valence-electron chi connectivity index (χ3n) is 2.94. The Bertz CT molecular complexity index is 611. The molecule has 0 spiro atoms. The Morgan fingerprint density at radius 1 is 1.43 bits per heavy atom. The molecule has 1 amide bonds. The number of rotatable bonds is 6. The van der Waals surface area contributed by atoms with Gasteiger partial charge in [-0.15, -0.1) is 11.3 Å². The fourth-order valence-electron chi connectivity index (χ4n) is 1.84. The third kappa shape index (κ3) is 4.26. The molecule has 2 aromatic heterocycles. The summed E-state index contributed by atoms with van der Waals surface area (Å²) < 4.78 is 0.